The minimum Gasteiger partial charge on any atom is -0.311 e. The summed E-state index contributed by atoms with van der Waals surface area (Å²) in [5, 5.41) is 3.56. The number of sulfonamides is 1. The van der Waals surface area contributed by atoms with Crippen molar-refractivity contribution in [2.45, 2.75) is 83.3 Å². The summed E-state index contributed by atoms with van der Waals surface area (Å²) in [6, 6.07) is 1.01. The second kappa shape index (κ2) is 5.87. The van der Waals surface area contributed by atoms with Crippen LogP contribution in [0.15, 0.2) is 4.90 Å². The van der Waals surface area contributed by atoms with E-state index in [1.807, 2.05) is 27.7 Å². The lowest BCUT2D eigenvalue weighted by Gasteiger charge is -2.30. The molecule has 1 aromatic carbocycles. The molecular formula is C18H28N2O2S. The number of fused-ring (bicyclic) bond motifs is 2. The van der Waals surface area contributed by atoms with E-state index >= 15 is 0 Å². The standard InChI is InChI=1S/C18H28N2O2S/c1-10-11(2)13(4)18(14(5)12(10)3)23(21,22)20-17-8-15-6-7-16(9-17)19-15/h15-17,19-20H,6-9H2,1-5H3. The quantitative estimate of drug-likeness (QED) is 0.892. The lowest BCUT2D eigenvalue weighted by atomic mass is 9.95. The van der Waals surface area contributed by atoms with Crippen molar-refractivity contribution in [1.29, 1.82) is 0 Å². The van der Waals surface area contributed by atoms with Crippen LogP contribution < -0.4 is 10.0 Å². The summed E-state index contributed by atoms with van der Waals surface area (Å²) in [5.41, 5.74) is 5.13. The van der Waals surface area contributed by atoms with Gasteiger partial charge < -0.3 is 5.32 Å². The largest absolute Gasteiger partial charge is 0.311 e. The van der Waals surface area contributed by atoms with E-state index in [1.165, 1.54) is 18.4 Å². The molecule has 2 unspecified atom stereocenters. The van der Waals surface area contributed by atoms with Gasteiger partial charge in [0.05, 0.1) is 4.90 Å². The number of piperidine rings is 1. The molecular weight excluding hydrogens is 308 g/mol. The third-order valence-corrected chi connectivity index (χ3v) is 7.79. The highest BCUT2D eigenvalue weighted by Crippen LogP contribution is 2.31. The molecule has 2 aliphatic heterocycles. The van der Waals surface area contributed by atoms with Crippen molar-refractivity contribution in [3.8, 4) is 0 Å². The summed E-state index contributed by atoms with van der Waals surface area (Å²) in [7, 11) is -3.48. The molecule has 0 aliphatic carbocycles. The monoisotopic (exact) mass is 336 g/mol. The maximum Gasteiger partial charge on any atom is 0.241 e. The topological polar surface area (TPSA) is 58.2 Å². The zero-order valence-electron chi connectivity index (χ0n) is 14.8. The van der Waals surface area contributed by atoms with Crippen LogP contribution in [0.1, 0.15) is 53.5 Å². The van der Waals surface area contributed by atoms with E-state index in [1.54, 1.807) is 0 Å². The van der Waals surface area contributed by atoms with Gasteiger partial charge in [-0.2, -0.15) is 0 Å². The first-order chi connectivity index (χ1) is 10.7. The fourth-order valence-electron chi connectivity index (χ4n) is 4.30. The Morgan fingerprint density at radius 3 is 1.74 bits per heavy atom. The van der Waals surface area contributed by atoms with E-state index in [2.05, 4.69) is 17.0 Å². The first kappa shape index (κ1) is 16.9. The van der Waals surface area contributed by atoms with Crippen LogP contribution in [0.4, 0.5) is 0 Å². The highest BCUT2D eigenvalue weighted by Gasteiger charge is 2.36. The first-order valence-electron chi connectivity index (χ1n) is 8.56. The number of rotatable bonds is 3. The molecule has 0 amide bonds. The van der Waals surface area contributed by atoms with Gasteiger partial charge in [0.1, 0.15) is 0 Å². The Hall–Kier alpha value is -0.910. The molecule has 2 atom stereocenters. The average molecular weight is 337 g/mol. The van der Waals surface area contributed by atoms with E-state index in [0.29, 0.717) is 17.0 Å². The van der Waals surface area contributed by atoms with E-state index in [0.717, 1.165) is 35.1 Å². The summed E-state index contributed by atoms with van der Waals surface area (Å²) >= 11 is 0. The van der Waals surface area contributed by atoms with Gasteiger partial charge in [0.15, 0.2) is 0 Å². The van der Waals surface area contributed by atoms with Crippen LogP contribution in [0.2, 0.25) is 0 Å². The van der Waals surface area contributed by atoms with E-state index in [4.69, 9.17) is 0 Å². The Bertz CT molecular complexity index is 699. The van der Waals surface area contributed by atoms with Crippen molar-refractivity contribution in [1.82, 2.24) is 10.0 Å². The molecule has 23 heavy (non-hydrogen) atoms. The predicted octanol–water partition coefficient (Wildman–Crippen LogP) is 2.79. The van der Waals surface area contributed by atoms with Crippen LogP contribution in [0, 0.1) is 34.6 Å². The Labute approximate surface area is 140 Å². The van der Waals surface area contributed by atoms with Gasteiger partial charge in [-0.3, -0.25) is 0 Å². The molecule has 5 heteroatoms. The summed E-state index contributed by atoms with van der Waals surface area (Å²) < 4.78 is 29.1. The van der Waals surface area contributed by atoms with Gasteiger partial charge in [-0.15, -0.1) is 0 Å². The molecule has 0 spiro atoms. The predicted molar refractivity (Wildman–Crippen MR) is 93.4 cm³/mol. The van der Waals surface area contributed by atoms with Crippen LogP contribution in [0.5, 0.6) is 0 Å². The van der Waals surface area contributed by atoms with E-state index < -0.39 is 10.0 Å². The summed E-state index contributed by atoms with van der Waals surface area (Å²) in [5.74, 6) is 0. The number of hydrogen-bond acceptors (Lipinski definition) is 3. The molecule has 2 bridgehead atoms. The molecule has 1 aromatic rings. The summed E-state index contributed by atoms with van der Waals surface area (Å²) in [6.07, 6.45) is 4.14. The smallest absolute Gasteiger partial charge is 0.241 e. The summed E-state index contributed by atoms with van der Waals surface area (Å²) in [6.45, 7) is 9.95. The first-order valence-corrected chi connectivity index (χ1v) is 10.0. The van der Waals surface area contributed by atoms with Crippen molar-refractivity contribution in [3.05, 3.63) is 27.8 Å². The maximum absolute atomic E-state index is 13.1. The van der Waals surface area contributed by atoms with Crippen molar-refractivity contribution in [2.75, 3.05) is 0 Å². The van der Waals surface area contributed by atoms with Crippen molar-refractivity contribution < 1.29 is 8.42 Å². The number of benzene rings is 1. The summed E-state index contributed by atoms with van der Waals surface area (Å²) in [4.78, 5) is 0.490. The van der Waals surface area contributed by atoms with E-state index in [-0.39, 0.29) is 6.04 Å². The van der Waals surface area contributed by atoms with Crippen LogP contribution in [0.25, 0.3) is 0 Å². The molecule has 2 fully saturated rings. The Kier molecular flexibility index (Phi) is 4.32. The second-order valence-corrected chi connectivity index (χ2v) is 9.03. The molecule has 2 aliphatic rings. The molecule has 4 nitrogen and oxygen atoms in total. The van der Waals surface area contributed by atoms with Gasteiger partial charge in [0.25, 0.3) is 0 Å². The zero-order valence-corrected chi connectivity index (χ0v) is 15.6. The van der Waals surface area contributed by atoms with Crippen LogP contribution in [-0.2, 0) is 10.0 Å². The lowest BCUT2D eigenvalue weighted by molar-refractivity contribution is 0.345. The molecule has 0 aromatic heterocycles. The fourth-order valence-corrected chi connectivity index (χ4v) is 6.16. The number of nitrogens with one attached hydrogen (secondary N) is 2. The van der Waals surface area contributed by atoms with Crippen LogP contribution in [-0.4, -0.2) is 26.5 Å². The van der Waals surface area contributed by atoms with Gasteiger partial charge in [0.2, 0.25) is 10.0 Å². The van der Waals surface area contributed by atoms with Crippen molar-refractivity contribution in [3.63, 3.8) is 0 Å². The number of hydrogen-bond donors (Lipinski definition) is 2. The fraction of sp³-hybridized carbons (Fsp3) is 0.667. The van der Waals surface area contributed by atoms with Crippen molar-refractivity contribution >= 4 is 10.0 Å². The zero-order chi connectivity index (χ0) is 16.9. The Morgan fingerprint density at radius 2 is 1.26 bits per heavy atom. The molecule has 2 N–H and O–H groups in total. The van der Waals surface area contributed by atoms with E-state index in [9.17, 15) is 8.42 Å². The van der Waals surface area contributed by atoms with Gasteiger partial charge in [0, 0.05) is 18.1 Å². The highest BCUT2D eigenvalue weighted by molar-refractivity contribution is 7.89. The molecule has 2 heterocycles. The van der Waals surface area contributed by atoms with Gasteiger partial charge in [-0.25, -0.2) is 13.1 Å². The molecule has 0 saturated carbocycles. The molecule has 128 valence electrons. The van der Waals surface area contributed by atoms with Crippen LogP contribution >= 0.6 is 0 Å². The minimum absolute atomic E-state index is 0.0551. The Balaban J connectivity index is 1.94. The normalized spacial score (nSPS) is 27.4. The SMILES string of the molecule is Cc1c(C)c(C)c(S(=O)(=O)NC2CC3CCC(C2)N3)c(C)c1C. The van der Waals surface area contributed by atoms with Gasteiger partial charge in [-0.05, 0) is 88.1 Å². The lowest BCUT2D eigenvalue weighted by Crippen LogP contribution is -2.48. The third-order valence-electron chi connectivity index (χ3n) is 5.99. The van der Waals surface area contributed by atoms with Gasteiger partial charge >= 0.3 is 0 Å². The molecule has 3 rings (SSSR count). The van der Waals surface area contributed by atoms with Crippen LogP contribution in [0.3, 0.4) is 0 Å². The average Bonchev–Trinajstić information content (AvgIpc) is 2.81. The van der Waals surface area contributed by atoms with Crippen molar-refractivity contribution in [2.24, 2.45) is 0 Å². The minimum atomic E-state index is -3.48. The molecule has 2 saturated heterocycles. The highest BCUT2D eigenvalue weighted by atomic mass is 32.2. The second-order valence-electron chi connectivity index (χ2n) is 7.38. The van der Waals surface area contributed by atoms with Gasteiger partial charge in [-0.1, -0.05) is 0 Å². The maximum atomic E-state index is 13.1. The Morgan fingerprint density at radius 1 is 0.826 bits per heavy atom. The molecule has 0 radical (unpaired) electrons. The third kappa shape index (κ3) is 2.94.